The molecule has 1 spiro atoms. The second-order valence-corrected chi connectivity index (χ2v) is 7.39. The van der Waals surface area contributed by atoms with Crippen molar-refractivity contribution in [3.63, 3.8) is 0 Å². The van der Waals surface area contributed by atoms with Crippen LogP contribution < -0.4 is 0 Å². The summed E-state index contributed by atoms with van der Waals surface area (Å²) in [4.78, 5) is 0.854. The lowest BCUT2D eigenvalue weighted by molar-refractivity contribution is -0.0810. The van der Waals surface area contributed by atoms with Crippen LogP contribution in [0.3, 0.4) is 0 Å². The Kier molecular flexibility index (Phi) is 3.29. The van der Waals surface area contributed by atoms with Crippen LogP contribution in [-0.2, 0) is 10.8 Å². The Bertz CT molecular complexity index is 437. The Labute approximate surface area is 111 Å². The first-order chi connectivity index (χ1) is 8.73. The molecule has 3 atom stereocenters. The summed E-state index contributed by atoms with van der Waals surface area (Å²) < 4.78 is 12.4. The predicted molar refractivity (Wildman–Crippen MR) is 72.8 cm³/mol. The fourth-order valence-electron chi connectivity index (χ4n) is 3.54. The van der Waals surface area contributed by atoms with Crippen molar-refractivity contribution in [2.24, 2.45) is 5.41 Å². The molecule has 2 nitrogen and oxygen atoms in total. The Balaban J connectivity index is 1.71. The average Bonchev–Trinajstić information content (AvgIpc) is 2.46. The van der Waals surface area contributed by atoms with Crippen LogP contribution in [0.5, 0.6) is 0 Å². The molecular weight excluding hydrogens is 244 g/mol. The van der Waals surface area contributed by atoms with Gasteiger partial charge < -0.3 is 5.11 Å². The van der Waals surface area contributed by atoms with Gasteiger partial charge in [0.1, 0.15) is 0 Å². The van der Waals surface area contributed by atoms with Crippen molar-refractivity contribution < 1.29 is 9.32 Å². The lowest BCUT2D eigenvalue weighted by atomic mass is 9.58. The van der Waals surface area contributed by atoms with Crippen molar-refractivity contribution in [2.75, 3.05) is 0 Å². The van der Waals surface area contributed by atoms with Crippen molar-refractivity contribution in [1.29, 1.82) is 0 Å². The van der Waals surface area contributed by atoms with Gasteiger partial charge >= 0.3 is 0 Å². The second-order valence-electron chi connectivity index (χ2n) is 5.72. The molecule has 2 aliphatic rings. The van der Waals surface area contributed by atoms with Crippen molar-refractivity contribution in [2.45, 2.75) is 54.8 Å². The van der Waals surface area contributed by atoms with Crippen LogP contribution in [0, 0.1) is 5.41 Å². The lowest BCUT2D eigenvalue weighted by Crippen LogP contribution is -2.58. The number of rotatable bonds is 2. The van der Waals surface area contributed by atoms with Crippen molar-refractivity contribution in [1.82, 2.24) is 0 Å². The van der Waals surface area contributed by atoms with E-state index in [4.69, 9.17) is 0 Å². The number of aliphatic hydroxyl groups is 1. The number of hydrogen-bond donors (Lipinski definition) is 1. The van der Waals surface area contributed by atoms with Gasteiger partial charge in [-0.25, -0.2) is 0 Å². The molecule has 98 valence electrons. The molecule has 1 N–H and O–H groups in total. The van der Waals surface area contributed by atoms with E-state index in [1.807, 2.05) is 30.3 Å². The number of hydrogen-bond acceptors (Lipinski definition) is 2. The normalized spacial score (nSPS) is 31.8. The number of aliphatic hydroxyl groups excluding tert-OH is 1. The van der Waals surface area contributed by atoms with Gasteiger partial charge in [0.25, 0.3) is 0 Å². The van der Waals surface area contributed by atoms with Gasteiger partial charge in [-0.15, -0.1) is 0 Å². The largest absolute Gasteiger partial charge is 0.391 e. The van der Waals surface area contributed by atoms with Crippen LogP contribution in [0.15, 0.2) is 35.2 Å². The van der Waals surface area contributed by atoms with Crippen LogP contribution >= 0.6 is 0 Å². The molecule has 1 unspecified atom stereocenters. The highest BCUT2D eigenvalue weighted by molar-refractivity contribution is 7.85. The molecule has 0 aliphatic heterocycles. The van der Waals surface area contributed by atoms with E-state index in [-0.39, 0.29) is 16.8 Å². The molecule has 0 saturated heterocycles. The van der Waals surface area contributed by atoms with Crippen molar-refractivity contribution in [3.05, 3.63) is 30.3 Å². The molecule has 1 aromatic carbocycles. The SMILES string of the molecule is O=S(c1ccccc1)[C@@H]1CC2(CCCCC2)[C@@H]1O. The van der Waals surface area contributed by atoms with E-state index in [2.05, 4.69) is 0 Å². The standard InChI is InChI=1S/C15H20O2S/c16-14-13(11-15(14)9-5-2-6-10-15)18(17)12-7-3-1-4-8-12/h1,3-4,7-8,13-14,16H,2,5-6,9-11H2/t13-,14-,18?/m1/s1. The van der Waals surface area contributed by atoms with Gasteiger partial charge in [0.15, 0.2) is 0 Å². The summed E-state index contributed by atoms with van der Waals surface area (Å²) in [7, 11) is -1.05. The molecule has 2 saturated carbocycles. The molecule has 18 heavy (non-hydrogen) atoms. The van der Waals surface area contributed by atoms with E-state index in [0.29, 0.717) is 0 Å². The highest BCUT2D eigenvalue weighted by Crippen LogP contribution is 2.53. The highest BCUT2D eigenvalue weighted by atomic mass is 32.2. The van der Waals surface area contributed by atoms with Crippen LogP contribution in [0.25, 0.3) is 0 Å². The van der Waals surface area contributed by atoms with E-state index >= 15 is 0 Å². The van der Waals surface area contributed by atoms with Crippen LogP contribution in [-0.4, -0.2) is 20.7 Å². The summed E-state index contributed by atoms with van der Waals surface area (Å²) in [6.07, 6.45) is 6.56. The molecule has 0 bridgehead atoms. The molecule has 2 aliphatic carbocycles. The maximum atomic E-state index is 12.4. The van der Waals surface area contributed by atoms with Gasteiger partial charge in [0.05, 0.1) is 22.2 Å². The average molecular weight is 264 g/mol. The smallest absolute Gasteiger partial charge is 0.0744 e. The minimum absolute atomic E-state index is 0.0505. The zero-order valence-electron chi connectivity index (χ0n) is 10.5. The van der Waals surface area contributed by atoms with Gasteiger partial charge in [0.2, 0.25) is 0 Å². The third kappa shape index (κ3) is 1.94. The van der Waals surface area contributed by atoms with Crippen LogP contribution in [0.1, 0.15) is 38.5 Å². The van der Waals surface area contributed by atoms with E-state index in [9.17, 15) is 9.32 Å². The van der Waals surface area contributed by atoms with Crippen molar-refractivity contribution >= 4 is 10.8 Å². The summed E-state index contributed by atoms with van der Waals surface area (Å²) in [5.74, 6) is 0. The first kappa shape index (κ1) is 12.4. The zero-order valence-corrected chi connectivity index (χ0v) is 11.4. The predicted octanol–water partition coefficient (Wildman–Crippen LogP) is 2.88. The highest BCUT2D eigenvalue weighted by Gasteiger charge is 2.55. The summed E-state index contributed by atoms with van der Waals surface area (Å²) in [6, 6.07) is 9.55. The Morgan fingerprint density at radius 3 is 2.39 bits per heavy atom. The van der Waals surface area contributed by atoms with E-state index in [0.717, 1.165) is 24.2 Å². The third-order valence-electron chi connectivity index (χ3n) is 4.69. The Morgan fingerprint density at radius 1 is 1.11 bits per heavy atom. The van der Waals surface area contributed by atoms with Gasteiger partial charge in [-0.3, -0.25) is 4.21 Å². The maximum Gasteiger partial charge on any atom is 0.0744 e. The van der Waals surface area contributed by atoms with Gasteiger partial charge in [-0.1, -0.05) is 37.5 Å². The van der Waals surface area contributed by atoms with Gasteiger partial charge in [-0.05, 0) is 36.8 Å². The molecule has 3 heteroatoms. The molecule has 0 aromatic heterocycles. The zero-order chi connectivity index (χ0) is 12.6. The molecule has 1 aromatic rings. The minimum atomic E-state index is -1.05. The summed E-state index contributed by atoms with van der Waals surface area (Å²) in [5.41, 5.74) is 0.105. The molecule has 0 amide bonds. The molecule has 0 radical (unpaired) electrons. The first-order valence-electron chi connectivity index (χ1n) is 6.87. The van der Waals surface area contributed by atoms with E-state index < -0.39 is 10.8 Å². The van der Waals surface area contributed by atoms with Gasteiger partial charge in [-0.2, -0.15) is 0 Å². The summed E-state index contributed by atoms with van der Waals surface area (Å²) in [6.45, 7) is 0. The van der Waals surface area contributed by atoms with E-state index in [1.165, 1.54) is 19.3 Å². The quantitative estimate of drug-likeness (QED) is 0.892. The third-order valence-corrected chi connectivity index (χ3v) is 6.40. The van der Waals surface area contributed by atoms with E-state index in [1.54, 1.807) is 0 Å². The van der Waals surface area contributed by atoms with Crippen LogP contribution in [0.2, 0.25) is 0 Å². The van der Waals surface area contributed by atoms with Crippen molar-refractivity contribution in [3.8, 4) is 0 Å². The molecule has 2 fully saturated rings. The van der Waals surface area contributed by atoms with Gasteiger partial charge in [0, 0.05) is 4.90 Å². The maximum absolute atomic E-state index is 12.4. The Morgan fingerprint density at radius 2 is 1.78 bits per heavy atom. The molecule has 3 rings (SSSR count). The molecular formula is C15H20O2S. The summed E-state index contributed by atoms with van der Waals surface area (Å²) in [5, 5.41) is 10.4. The second kappa shape index (κ2) is 4.78. The topological polar surface area (TPSA) is 37.3 Å². The van der Waals surface area contributed by atoms with Crippen LogP contribution in [0.4, 0.5) is 0 Å². The minimum Gasteiger partial charge on any atom is -0.391 e. The Hall–Kier alpha value is -0.670. The lowest BCUT2D eigenvalue weighted by Gasteiger charge is -2.54. The molecule has 0 heterocycles. The summed E-state index contributed by atoms with van der Waals surface area (Å²) >= 11 is 0. The fourth-order valence-corrected chi connectivity index (χ4v) is 5.33. The first-order valence-corrected chi connectivity index (χ1v) is 8.08. The number of benzene rings is 1. The monoisotopic (exact) mass is 264 g/mol. The fraction of sp³-hybridized carbons (Fsp3) is 0.600.